The van der Waals surface area contributed by atoms with E-state index >= 15 is 0 Å². The van der Waals surface area contributed by atoms with E-state index in [0.29, 0.717) is 20.6 Å². The lowest BCUT2D eigenvalue weighted by atomic mass is 10.1. The van der Waals surface area contributed by atoms with Crippen LogP contribution in [0.25, 0.3) is 0 Å². The molecule has 3 aromatic heterocycles. The first-order valence-corrected chi connectivity index (χ1v) is 11.5. The van der Waals surface area contributed by atoms with E-state index in [1.54, 1.807) is 18.2 Å². The molecule has 0 aliphatic rings. The smallest absolute Gasteiger partial charge is 0.348 e. The highest BCUT2D eigenvalue weighted by Crippen LogP contribution is 2.24. The summed E-state index contributed by atoms with van der Waals surface area (Å²) in [5.41, 5.74) is 1.83. The Hall–Kier alpha value is -3.83. The molecule has 0 radical (unpaired) electrons. The van der Waals surface area contributed by atoms with Gasteiger partial charge in [-0.2, -0.15) is 0 Å². The van der Waals surface area contributed by atoms with Crippen LogP contribution in [-0.2, 0) is 17.8 Å². The van der Waals surface area contributed by atoms with Gasteiger partial charge in [0, 0.05) is 5.69 Å². The summed E-state index contributed by atoms with van der Waals surface area (Å²) < 4.78 is 10.3. The molecule has 2 N–H and O–H groups in total. The van der Waals surface area contributed by atoms with E-state index in [1.165, 1.54) is 17.9 Å². The number of furan rings is 1. The second kappa shape index (κ2) is 10.2. The standard InChI is InChI=1S/C22H18N4O5S2/c1-2-13-5-7-14(8-6-13)23-20(28)21-26-25-18(33-21)12-31-22(29)16-9-10-17(32-16)24-19(27)15-4-3-11-30-15/h3-11H,2,12H2,1H3,(H,23,28)(H,24,27). The predicted molar refractivity (Wildman–Crippen MR) is 124 cm³/mol. The molecular formula is C22H18N4O5S2. The largest absolute Gasteiger partial charge is 0.459 e. The molecular weight excluding hydrogens is 464 g/mol. The second-order valence-electron chi connectivity index (χ2n) is 6.68. The normalized spacial score (nSPS) is 10.6. The van der Waals surface area contributed by atoms with Gasteiger partial charge in [0.1, 0.15) is 11.5 Å². The minimum atomic E-state index is -0.573. The third-order valence-corrected chi connectivity index (χ3v) is 6.27. The first-order valence-electron chi connectivity index (χ1n) is 9.86. The van der Waals surface area contributed by atoms with Crippen molar-refractivity contribution in [3.05, 3.63) is 81.0 Å². The number of nitrogens with one attached hydrogen (secondary N) is 2. The van der Waals surface area contributed by atoms with Gasteiger partial charge in [0.15, 0.2) is 10.8 Å². The molecule has 4 rings (SSSR count). The van der Waals surface area contributed by atoms with Crippen molar-refractivity contribution >= 4 is 51.1 Å². The molecule has 11 heteroatoms. The lowest BCUT2D eigenvalue weighted by Gasteiger charge is -2.03. The van der Waals surface area contributed by atoms with E-state index in [9.17, 15) is 14.4 Å². The maximum atomic E-state index is 12.4. The van der Waals surface area contributed by atoms with Crippen molar-refractivity contribution in [2.45, 2.75) is 20.0 Å². The average molecular weight is 483 g/mol. The Balaban J connectivity index is 1.29. The Morgan fingerprint density at radius 1 is 0.970 bits per heavy atom. The lowest BCUT2D eigenvalue weighted by Crippen LogP contribution is -2.11. The van der Waals surface area contributed by atoms with Gasteiger partial charge in [-0.05, 0) is 48.4 Å². The molecule has 0 atom stereocenters. The number of amides is 2. The van der Waals surface area contributed by atoms with Crippen LogP contribution < -0.4 is 10.6 Å². The van der Waals surface area contributed by atoms with E-state index < -0.39 is 11.9 Å². The van der Waals surface area contributed by atoms with Crippen LogP contribution in [0, 0.1) is 0 Å². The number of aromatic nitrogens is 2. The van der Waals surface area contributed by atoms with Crippen LogP contribution >= 0.6 is 22.7 Å². The highest BCUT2D eigenvalue weighted by atomic mass is 32.1. The van der Waals surface area contributed by atoms with Crippen LogP contribution in [0.3, 0.4) is 0 Å². The molecule has 0 saturated carbocycles. The van der Waals surface area contributed by atoms with Crippen molar-refractivity contribution in [2.24, 2.45) is 0 Å². The Bertz CT molecular complexity index is 1260. The summed E-state index contributed by atoms with van der Waals surface area (Å²) in [4.78, 5) is 37.0. The van der Waals surface area contributed by atoms with Gasteiger partial charge in [0.25, 0.3) is 11.8 Å². The summed E-state index contributed by atoms with van der Waals surface area (Å²) >= 11 is 2.11. The summed E-state index contributed by atoms with van der Waals surface area (Å²) in [5.74, 6) is -1.20. The van der Waals surface area contributed by atoms with Crippen molar-refractivity contribution in [3.8, 4) is 0 Å². The monoisotopic (exact) mass is 482 g/mol. The number of aryl methyl sites for hydroxylation is 1. The first kappa shape index (κ1) is 22.4. The van der Waals surface area contributed by atoms with Gasteiger partial charge in [0.05, 0.1) is 11.3 Å². The number of esters is 1. The van der Waals surface area contributed by atoms with E-state index in [2.05, 4.69) is 27.8 Å². The third kappa shape index (κ3) is 5.70. The fourth-order valence-electron chi connectivity index (χ4n) is 2.71. The van der Waals surface area contributed by atoms with Crippen LogP contribution in [-0.4, -0.2) is 28.0 Å². The first-order chi connectivity index (χ1) is 16.0. The van der Waals surface area contributed by atoms with Gasteiger partial charge >= 0.3 is 5.97 Å². The Kier molecular flexibility index (Phi) is 6.91. The van der Waals surface area contributed by atoms with E-state index in [0.717, 1.165) is 29.1 Å². The quantitative estimate of drug-likeness (QED) is 0.351. The maximum Gasteiger partial charge on any atom is 0.348 e. The number of anilines is 2. The topological polar surface area (TPSA) is 123 Å². The summed E-state index contributed by atoms with van der Waals surface area (Å²) in [7, 11) is 0. The lowest BCUT2D eigenvalue weighted by molar-refractivity contribution is 0.0477. The van der Waals surface area contributed by atoms with Gasteiger partial charge in [-0.3, -0.25) is 9.59 Å². The average Bonchev–Trinajstić information content (AvgIpc) is 3.60. The Labute approximate surface area is 196 Å². The summed E-state index contributed by atoms with van der Waals surface area (Å²) in [6.45, 7) is 1.93. The molecule has 0 unspecified atom stereocenters. The highest BCUT2D eigenvalue weighted by Gasteiger charge is 2.17. The van der Waals surface area contributed by atoms with Crippen LogP contribution in [0.15, 0.2) is 59.2 Å². The van der Waals surface area contributed by atoms with E-state index in [-0.39, 0.29) is 23.3 Å². The molecule has 0 aliphatic carbocycles. The highest BCUT2D eigenvalue weighted by molar-refractivity contribution is 7.18. The Morgan fingerprint density at radius 3 is 2.52 bits per heavy atom. The van der Waals surface area contributed by atoms with Crippen molar-refractivity contribution < 1.29 is 23.5 Å². The summed E-state index contributed by atoms with van der Waals surface area (Å²) in [6, 6.07) is 13.8. The van der Waals surface area contributed by atoms with Gasteiger partial charge in [-0.25, -0.2) is 4.79 Å². The predicted octanol–water partition coefficient (Wildman–Crippen LogP) is 4.62. The van der Waals surface area contributed by atoms with E-state index in [1.807, 2.05) is 24.3 Å². The third-order valence-electron chi connectivity index (χ3n) is 4.40. The number of rotatable bonds is 8. The van der Waals surface area contributed by atoms with Crippen LogP contribution in [0.4, 0.5) is 10.7 Å². The minimum absolute atomic E-state index is 0.124. The minimum Gasteiger partial charge on any atom is -0.459 e. The number of carbonyl (C=O) groups is 3. The number of ether oxygens (including phenoxy) is 1. The number of nitrogens with zero attached hydrogens (tertiary/aromatic N) is 2. The van der Waals surface area contributed by atoms with Crippen LogP contribution in [0.2, 0.25) is 0 Å². The van der Waals surface area contributed by atoms with Gasteiger partial charge < -0.3 is 19.8 Å². The molecule has 0 spiro atoms. The molecule has 2 amide bonds. The molecule has 9 nitrogen and oxygen atoms in total. The number of carbonyl (C=O) groups excluding carboxylic acids is 3. The number of hydrogen-bond acceptors (Lipinski definition) is 9. The zero-order valence-corrected chi connectivity index (χ0v) is 19.0. The molecule has 4 aromatic rings. The van der Waals surface area contributed by atoms with Crippen LogP contribution in [0.5, 0.6) is 0 Å². The van der Waals surface area contributed by atoms with Crippen molar-refractivity contribution in [1.29, 1.82) is 0 Å². The van der Waals surface area contributed by atoms with Gasteiger partial charge in [-0.1, -0.05) is 30.4 Å². The molecule has 0 bridgehead atoms. The van der Waals surface area contributed by atoms with Crippen molar-refractivity contribution in [2.75, 3.05) is 10.6 Å². The second-order valence-corrected chi connectivity index (χ2v) is 8.82. The fourth-order valence-corrected chi connectivity index (χ4v) is 4.15. The number of hydrogen-bond donors (Lipinski definition) is 2. The van der Waals surface area contributed by atoms with E-state index in [4.69, 9.17) is 9.15 Å². The van der Waals surface area contributed by atoms with Crippen molar-refractivity contribution in [3.63, 3.8) is 0 Å². The van der Waals surface area contributed by atoms with Crippen molar-refractivity contribution in [1.82, 2.24) is 10.2 Å². The SMILES string of the molecule is CCc1ccc(NC(=O)c2nnc(COC(=O)c3ccc(NC(=O)c4ccco4)s3)s2)cc1. The molecule has 3 heterocycles. The van der Waals surface area contributed by atoms with Crippen LogP contribution in [0.1, 0.15) is 47.5 Å². The zero-order valence-electron chi connectivity index (χ0n) is 17.4. The fraction of sp³-hybridized carbons (Fsp3) is 0.136. The molecule has 0 saturated heterocycles. The summed E-state index contributed by atoms with van der Waals surface area (Å²) in [6.07, 6.45) is 2.32. The number of benzene rings is 1. The Morgan fingerprint density at radius 2 is 1.79 bits per heavy atom. The molecule has 1 aromatic carbocycles. The maximum absolute atomic E-state index is 12.4. The molecule has 168 valence electrons. The zero-order chi connectivity index (χ0) is 23.2. The molecule has 33 heavy (non-hydrogen) atoms. The van der Waals surface area contributed by atoms with Gasteiger partial charge in [0.2, 0.25) is 5.01 Å². The summed E-state index contributed by atoms with van der Waals surface area (Å²) in [5, 5.41) is 14.2. The van der Waals surface area contributed by atoms with Gasteiger partial charge in [-0.15, -0.1) is 21.5 Å². The number of thiophene rings is 1. The molecule has 0 fully saturated rings. The molecule has 0 aliphatic heterocycles.